The Hall–Kier alpha value is -3.44. The minimum absolute atomic E-state index is 0.0327. The van der Waals surface area contributed by atoms with E-state index in [1.807, 2.05) is 11.0 Å². The Morgan fingerprint density at radius 2 is 1.83 bits per heavy atom. The minimum Gasteiger partial charge on any atom is -0.395 e. The molecule has 4 N–H and O–H groups in total. The van der Waals surface area contributed by atoms with Gasteiger partial charge in [-0.1, -0.05) is 24.3 Å². The maximum atomic E-state index is 13.3. The predicted octanol–water partition coefficient (Wildman–Crippen LogP) is 3.00. The minimum atomic E-state index is -0.496. The number of carbonyl (C=O) groups excluding carboxylic acids is 2. The number of aliphatic hydroxyl groups excluding tert-OH is 2. The number of nitrogens with one attached hydrogen (secondary N) is 2. The molecule has 2 aromatic carbocycles. The van der Waals surface area contributed by atoms with E-state index in [-0.39, 0.29) is 19.1 Å². The molecule has 1 aromatic heterocycles. The Bertz CT molecular complexity index is 1190. The summed E-state index contributed by atoms with van der Waals surface area (Å²) >= 11 is 1.23. The predicted molar refractivity (Wildman–Crippen MR) is 134 cm³/mol. The van der Waals surface area contributed by atoms with Crippen molar-refractivity contribution in [3.63, 3.8) is 0 Å². The average Bonchev–Trinajstić information content (AvgIpc) is 3.19. The summed E-state index contributed by atoms with van der Waals surface area (Å²) in [6.45, 7) is 2.98. The Labute approximate surface area is 206 Å². The molecule has 0 aliphatic heterocycles. The summed E-state index contributed by atoms with van der Waals surface area (Å²) in [5, 5.41) is 27.2. The number of thiophene rings is 1. The van der Waals surface area contributed by atoms with Gasteiger partial charge >= 0.3 is 0 Å². The van der Waals surface area contributed by atoms with Gasteiger partial charge in [-0.2, -0.15) is 5.10 Å². The van der Waals surface area contributed by atoms with E-state index in [1.54, 1.807) is 42.6 Å². The molecule has 0 unspecified atom stereocenters. The van der Waals surface area contributed by atoms with E-state index in [0.29, 0.717) is 46.9 Å². The number of rotatable bonds is 11. The van der Waals surface area contributed by atoms with E-state index in [2.05, 4.69) is 15.8 Å². The van der Waals surface area contributed by atoms with Crippen LogP contribution in [0.3, 0.4) is 0 Å². The van der Waals surface area contributed by atoms with Crippen molar-refractivity contribution in [2.75, 3.05) is 31.6 Å². The number of benzene rings is 2. The van der Waals surface area contributed by atoms with Crippen LogP contribution in [0, 0.1) is 12.7 Å². The average molecular weight is 499 g/mol. The second-order valence-corrected chi connectivity index (χ2v) is 8.63. The van der Waals surface area contributed by atoms with Crippen molar-refractivity contribution in [3.05, 3.63) is 87.5 Å². The highest BCUT2D eigenvalue weighted by Gasteiger charge is 2.19. The van der Waals surface area contributed by atoms with Gasteiger partial charge in [0.25, 0.3) is 11.8 Å². The highest BCUT2D eigenvalue weighted by molar-refractivity contribution is 7.15. The first-order chi connectivity index (χ1) is 16.9. The number of aliphatic hydroxyl groups is 2. The summed E-state index contributed by atoms with van der Waals surface area (Å²) in [5.74, 6) is -1.27. The summed E-state index contributed by atoms with van der Waals surface area (Å²) in [4.78, 5) is 27.5. The van der Waals surface area contributed by atoms with Crippen molar-refractivity contribution in [2.45, 2.75) is 13.5 Å². The normalized spacial score (nSPS) is 11.2. The molecule has 3 aromatic rings. The zero-order valence-electron chi connectivity index (χ0n) is 19.2. The largest absolute Gasteiger partial charge is 0.395 e. The number of hydrogen-bond donors (Lipinski definition) is 4. The third-order valence-corrected chi connectivity index (χ3v) is 6.10. The number of nitrogens with zero attached hydrogens (tertiary/aromatic N) is 2. The van der Waals surface area contributed by atoms with Gasteiger partial charge in [0.2, 0.25) is 0 Å². The third-order valence-electron chi connectivity index (χ3n) is 5.09. The summed E-state index contributed by atoms with van der Waals surface area (Å²) < 4.78 is 13.3. The number of carbonyl (C=O) groups is 2. The Morgan fingerprint density at radius 3 is 2.54 bits per heavy atom. The van der Waals surface area contributed by atoms with Gasteiger partial charge in [0.1, 0.15) is 10.8 Å². The summed E-state index contributed by atoms with van der Waals surface area (Å²) in [7, 11) is 0. The molecule has 10 heteroatoms. The van der Waals surface area contributed by atoms with Crippen LogP contribution in [0.15, 0.2) is 59.0 Å². The lowest BCUT2D eigenvalue weighted by Crippen LogP contribution is -2.29. The smallest absolute Gasteiger partial charge is 0.274 e. The maximum absolute atomic E-state index is 13.3. The molecule has 2 amide bonds. The molecule has 35 heavy (non-hydrogen) atoms. The van der Waals surface area contributed by atoms with Crippen molar-refractivity contribution < 1.29 is 24.2 Å². The second kappa shape index (κ2) is 12.9. The Balaban J connectivity index is 1.69. The molecule has 184 valence electrons. The lowest BCUT2D eigenvalue weighted by atomic mass is 10.1. The standard InChI is InChI=1S/C25H27FN4O4S/c1-17-16-35-25(22(17)24(34)29-27-14-18-4-3-7-21(26)13-18)28-23(33)20-6-2-5-19(12-20)15-30(8-10-31)9-11-32/h2-7,12-14,16,31-32H,8-11,15H2,1H3,(H,28,33)(H,29,34)/b27-14+. The molecule has 0 aliphatic rings. The maximum Gasteiger partial charge on any atom is 0.274 e. The van der Waals surface area contributed by atoms with Crippen molar-refractivity contribution >= 4 is 34.4 Å². The van der Waals surface area contributed by atoms with Gasteiger partial charge in [-0.15, -0.1) is 11.3 Å². The van der Waals surface area contributed by atoms with Crippen LogP contribution < -0.4 is 10.7 Å². The van der Waals surface area contributed by atoms with Gasteiger partial charge in [-0.3, -0.25) is 14.5 Å². The zero-order chi connectivity index (χ0) is 25.2. The summed E-state index contributed by atoms with van der Waals surface area (Å²) in [6, 6.07) is 12.8. The number of halogens is 1. The van der Waals surface area contributed by atoms with Gasteiger partial charge in [0.15, 0.2) is 0 Å². The summed E-state index contributed by atoms with van der Waals surface area (Å²) in [6.07, 6.45) is 1.34. The van der Waals surface area contributed by atoms with Crippen molar-refractivity contribution in [2.24, 2.45) is 5.10 Å². The van der Waals surface area contributed by atoms with Gasteiger partial charge in [-0.25, -0.2) is 9.82 Å². The number of hydrogen-bond acceptors (Lipinski definition) is 7. The van der Waals surface area contributed by atoms with Crippen LogP contribution in [0.1, 0.15) is 37.4 Å². The molecule has 0 spiro atoms. The molecule has 0 fully saturated rings. The first-order valence-corrected chi connectivity index (χ1v) is 11.8. The van der Waals surface area contributed by atoms with Crippen molar-refractivity contribution in [1.82, 2.24) is 10.3 Å². The van der Waals surface area contributed by atoms with Gasteiger partial charge in [-0.05, 0) is 53.3 Å². The first-order valence-electron chi connectivity index (χ1n) is 10.9. The molecule has 1 heterocycles. The molecular formula is C25H27FN4O4S. The molecule has 0 aliphatic carbocycles. The van der Waals surface area contributed by atoms with E-state index in [0.717, 1.165) is 5.56 Å². The van der Waals surface area contributed by atoms with Crippen molar-refractivity contribution in [3.8, 4) is 0 Å². The second-order valence-electron chi connectivity index (χ2n) is 7.75. The lowest BCUT2D eigenvalue weighted by Gasteiger charge is -2.20. The van der Waals surface area contributed by atoms with Crippen LogP contribution in [-0.2, 0) is 6.54 Å². The number of amides is 2. The molecule has 0 radical (unpaired) electrons. The highest BCUT2D eigenvalue weighted by Crippen LogP contribution is 2.28. The molecule has 0 saturated carbocycles. The molecule has 3 rings (SSSR count). The highest BCUT2D eigenvalue weighted by atomic mass is 32.1. The van der Waals surface area contributed by atoms with E-state index < -0.39 is 11.7 Å². The fraction of sp³-hybridized carbons (Fsp3) is 0.240. The van der Waals surface area contributed by atoms with E-state index in [4.69, 9.17) is 0 Å². The van der Waals surface area contributed by atoms with Crippen LogP contribution in [-0.4, -0.2) is 59.4 Å². The number of anilines is 1. The molecular weight excluding hydrogens is 471 g/mol. The zero-order valence-corrected chi connectivity index (χ0v) is 20.0. The molecule has 0 bridgehead atoms. The van der Waals surface area contributed by atoms with Crippen LogP contribution in [0.25, 0.3) is 0 Å². The van der Waals surface area contributed by atoms with Crippen LogP contribution in [0.5, 0.6) is 0 Å². The fourth-order valence-electron chi connectivity index (χ4n) is 3.42. The van der Waals surface area contributed by atoms with Gasteiger partial charge in [0.05, 0.1) is 25.0 Å². The van der Waals surface area contributed by atoms with Gasteiger partial charge in [0, 0.05) is 25.2 Å². The lowest BCUT2D eigenvalue weighted by molar-refractivity contribution is 0.0955. The van der Waals surface area contributed by atoms with Crippen molar-refractivity contribution in [1.29, 1.82) is 0 Å². The number of hydrazone groups is 1. The molecule has 0 saturated heterocycles. The van der Waals surface area contributed by atoms with Crippen LogP contribution >= 0.6 is 11.3 Å². The Kier molecular flexibility index (Phi) is 9.62. The molecule has 0 atom stereocenters. The number of aryl methyl sites for hydroxylation is 1. The fourth-order valence-corrected chi connectivity index (χ4v) is 4.36. The first kappa shape index (κ1) is 26.2. The molecule has 8 nitrogen and oxygen atoms in total. The third kappa shape index (κ3) is 7.52. The van der Waals surface area contributed by atoms with Crippen LogP contribution in [0.2, 0.25) is 0 Å². The van der Waals surface area contributed by atoms with E-state index in [1.165, 1.54) is 29.7 Å². The van der Waals surface area contributed by atoms with Crippen LogP contribution in [0.4, 0.5) is 9.39 Å². The Morgan fingerprint density at radius 1 is 1.09 bits per heavy atom. The van der Waals surface area contributed by atoms with E-state index in [9.17, 15) is 24.2 Å². The SMILES string of the molecule is Cc1csc(NC(=O)c2cccc(CN(CCO)CCO)c2)c1C(=O)N/N=C/c1cccc(F)c1. The topological polar surface area (TPSA) is 114 Å². The monoisotopic (exact) mass is 498 g/mol. The quantitative estimate of drug-likeness (QED) is 0.240. The van der Waals surface area contributed by atoms with Gasteiger partial charge < -0.3 is 15.5 Å². The van der Waals surface area contributed by atoms with E-state index >= 15 is 0 Å². The summed E-state index contributed by atoms with van der Waals surface area (Å²) in [5.41, 5.74) is 5.16.